The van der Waals surface area contributed by atoms with Crippen LogP contribution in [0.4, 0.5) is 0 Å². The summed E-state index contributed by atoms with van der Waals surface area (Å²) in [7, 11) is 0. The van der Waals surface area contributed by atoms with Crippen molar-refractivity contribution in [1.29, 1.82) is 0 Å². The van der Waals surface area contributed by atoms with Gasteiger partial charge in [0.05, 0.1) is 25.0 Å². The minimum atomic E-state index is 0.0658. The van der Waals surface area contributed by atoms with Gasteiger partial charge in [0.25, 0.3) is 5.56 Å². The first kappa shape index (κ1) is 14.6. The molecule has 1 aliphatic heterocycles. The molecule has 0 N–H and O–H groups in total. The molecule has 0 aromatic carbocycles. The van der Waals surface area contributed by atoms with Gasteiger partial charge >= 0.3 is 0 Å². The number of aryl methyl sites for hydroxylation is 3. The second kappa shape index (κ2) is 5.92. The van der Waals surface area contributed by atoms with E-state index in [-0.39, 0.29) is 5.56 Å². The highest BCUT2D eigenvalue weighted by Crippen LogP contribution is 2.19. The number of nitrogens with zero attached hydrogens (tertiary/aromatic N) is 5. The highest BCUT2D eigenvalue weighted by atomic mass is 16.1. The van der Waals surface area contributed by atoms with Crippen LogP contribution in [0, 0.1) is 12.8 Å². The first-order valence-corrected chi connectivity index (χ1v) is 8.49. The van der Waals surface area contributed by atoms with Crippen molar-refractivity contribution in [1.82, 2.24) is 24.5 Å². The summed E-state index contributed by atoms with van der Waals surface area (Å²) in [5.74, 6) is 0.541. The molecule has 3 heterocycles. The minimum absolute atomic E-state index is 0.0658. The van der Waals surface area contributed by atoms with Crippen LogP contribution in [0.5, 0.6) is 0 Å². The Morgan fingerprint density at radius 3 is 2.91 bits per heavy atom. The average Bonchev–Trinajstić information content (AvgIpc) is 3.09. The Bertz CT molecular complexity index is 757. The topological polar surface area (TPSA) is 56.0 Å². The van der Waals surface area contributed by atoms with E-state index in [1.54, 1.807) is 10.7 Å². The fourth-order valence-electron chi connectivity index (χ4n) is 3.62. The number of hydrogen-bond acceptors (Lipinski definition) is 4. The predicted octanol–water partition coefficient (Wildman–Crippen LogP) is 0.869. The quantitative estimate of drug-likeness (QED) is 0.822. The Balaban J connectivity index is 1.28. The third kappa shape index (κ3) is 3.08. The summed E-state index contributed by atoms with van der Waals surface area (Å²) in [5, 5.41) is 8.88. The van der Waals surface area contributed by atoms with E-state index < -0.39 is 0 Å². The fraction of sp³-hybridized carbons (Fsp3) is 0.588. The predicted molar refractivity (Wildman–Crippen MR) is 87.4 cm³/mol. The lowest BCUT2D eigenvalue weighted by Gasteiger charge is -2.39. The van der Waals surface area contributed by atoms with Crippen LogP contribution in [0.2, 0.25) is 0 Å². The van der Waals surface area contributed by atoms with Crippen molar-refractivity contribution in [3.63, 3.8) is 0 Å². The highest BCUT2D eigenvalue weighted by molar-refractivity contribution is 5.22. The van der Waals surface area contributed by atoms with E-state index >= 15 is 0 Å². The van der Waals surface area contributed by atoms with Crippen molar-refractivity contribution < 1.29 is 0 Å². The molecule has 0 saturated carbocycles. The molecule has 2 aliphatic rings. The molecule has 0 bridgehead atoms. The van der Waals surface area contributed by atoms with Crippen molar-refractivity contribution in [3.8, 4) is 0 Å². The largest absolute Gasteiger partial charge is 0.301 e. The molecule has 0 unspecified atom stereocenters. The van der Waals surface area contributed by atoms with Crippen molar-refractivity contribution >= 4 is 0 Å². The van der Waals surface area contributed by atoms with Crippen molar-refractivity contribution in [3.05, 3.63) is 45.6 Å². The molecule has 6 nitrogen and oxygen atoms in total. The Kier molecular flexibility index (Phi) is 3.77. The summed E-state index contributed by atoms with van der Waals surface area (Å²) in [6.07, 6.45) is 7.14. The van der Waals surface area contributed by atoms with Crippen molar-refractivity contribution in [2.75, 3.05) is 19.6 Å². The number of aromatic nitrogens is 4. The average molecular weight is 313 g/mol. The number of fused-ring (bicyclic) bond motifs is 1. The number of rotatable bonds is 5. The van der Waals surface area contributed by atoms with E-state index in [1.165, 1.54) is 5.56 Å². The lowest BCUT2D eigenvalue weighted by Crippen LogP contribution is -2.50. The lowest BCUT2D eigenvalue weighted by molar-refractivity contribution is 0.0793. The van der Waals surface area contributed by atoms with Crippen LogP contribution >= 0.6 is 0 Å². The third-order valence-corrected chi connectivity index (χ3v) is 4.90. The van der Waals surface area contributed by atoms with Crippen LogP contribution < -0.4 is 5.56 Å². The van der Waals surface area contributed by atoms with E-state index in [2.05, 4.69) is 28.2 Å². The van der Waals surface area contributed by atoms with Crippen molar-refractivity contribution in [2.45, 2.75) is 39.3 Å². The highest BCUT2D eigenvalue weighted by Gasteiger charge is 2.27. The Morgan fingerprint density at radius 1 is 1.26 bits per heavy atom. The summed E-state index contributed by atoms with van der Waals surface area (Å²) in [5.41, 5.74) is 3.57. The summed E-state index contributed by atoms with van der Waals surface area (Å²) in [6, 6.07) is 1.80. The summed E-state index contributed by atoms with van der Waals surface area (Å²) < 4.78 is 3.68. The number of likely N-dealkylation sites (tertiary alicyclic amines) is 1. The first-order valence-electron chi connectivity index (χ1n) is 8.49. The van der Waals surface area contributed by atoms with Gasteiger partial charge in [0, 0.05) is 37.8 Å². The smallest absolute Gasteiger partial charge is 0.267 e. The molecule has 0 atom stereocenters. The molecule has 0 amide bonds. The van der Waals surface area contributed by atoms with Gasteiger partial charge in [0.1, 0.15) is 0 Å². The fourth-order valence-corrected chi connectivity index (χ4v) is 3.62. The Labute approximate surface area is 135 Å². The second-order valence-electron chi connectivity index (χ2n) is 6.90. The van der Waals surface area contributed by atoms with Crippen LogP contribution in [0.25, 0.3) is 0 Å². The standard InChI is InChI=1S/C17H23N5O/c1-13-8-18-21(9-13)6-5-20-10-14(11-20)12-22-17(23)7-15-3-2-4-16(15)19-22/h7-9,14H,2-6,10-12H2,1H3. The second-order valence-corrected chi connectivity index (χ2v) is 6.90. The monoisotopic (exact) mass is 313 g/mol. The summed E-state index contributed by atoms with van der Waals surface area (Å²) >= 11 is 0. The van der Waals surface area contributed by atoms with Gasteiger partial charge in [-0.15, -0.1) is 0 Å². The summed E-state index contributed by atoms with van der Waals surface area (Å²) in [6.45, 7) is 6.85. The van der Waals surface area contributed by atoms with E-state index in [9.17, 15) is 4.79 Å². The van der Waals surface area contributed by atoms with Gasteiger partial charge in [-0.3, -0.25) is 9.48 Å². The maximum Gasteiger partial charge on any atom is 0.267 e. The molecular formula is C17H23N5O. The van der Waals surface area contributed by atoms with Crippen LogP contribution in [0.1, 0.15) is 23.2 Å². The van der Waals surface area contributed by atoms with E-state index in [1.807, 2.05) is 10.9 Å². The SMILES string of the molecule is Cc1cnn(CCN2CC(Cn3nc4c(cc3=O)CCC4)C2)c1. The van der Waals surface area contributed by atoms with E-state index in [0.29, 0.717) is 5.92 Å². The van der Waals surface area contributed by atoms with Crippen molar-refractivity contribution in [2.24, 2.45) is 5.92 Å². The lowest BCUT2D eigenvalue weighted by atomic mass is 10.0. The molecule has 122 valence electrons. The molecule has 23 heavy (non-hydrogen) atoms. The molecule has 0 spiro atoms. The van der Waals surface area contributed by atoms with Gasteiger partial charge < -0.3 is 4.90 Å². The summed E-state index contributed by atoms with van der Waals surface area (Å²) in [4.78, 5) is 14.5. The van der Waals surface area contributed by atoms with Gasteiger partial charge in [0.2, 0.25) is 0 Å². The first-order chi connectivity index (χ1) is 11.2. The van der Waals surface area contributed by atoms with Crippen LogP contribution in [0.15, 0.2) is 23.3 Å². The van der Waals surface area contributed by atoms with Gasteiger partial charge in [-0.2, -0.15) is 10.2 Å². The molecule has 4 rings (SSSR count). The minimum Gasteiger partial charge on any atom is -0.301 e. The molecule has 2 aromatic heterocycles. The zero-order valence-corrected chi connectivity index (χ0v) is 13.6. The van der Waals surface area contributed by atoms with Crippen LogP contribution in [0.3, 0.4) is 0 Å². The van der Waals surface area contributed by atoms with Gasteiger partial charge in [0.15, 0.2) is 0 Å². The maximum atomic E-state index is 12.1. The zero-order chi connectivity index (χ0) is 15.8. The van der Waals surface area contributed by atoms with Gasteiger partial charge in [-0.1, -0.05) is 0 Å². The normalized spacial score (nSPS) is 18.1. The van der Waals surface area contributed by atoms with E-state index in [4.69, 9.17) is 0 Å². The molecule has 1 fully saturated rings. The van der Waals surface area contributed by atoms with Gasteiger partial charge in [-0.25, -0.2) is 4.68 Å². The maximum absolute atomic E-state index is 12.1. The molecule has 1 saturated heterocycles. The molecular weight excluding hydrogens is 290 g/mol. The zero-order valence-electron chi connectivity index (χ0n) is 13.6. The molecule has 6 heteroatoms. The molecule has 1 aliphatic carbocycles. The Hall–Kier alpha value is -1.95. The van der Waals surface area contributed by atoms with Crippen LogP contribution in [-0.2, 0) is 25.9 Å². The third-order valence-electron chi connectivity index (χ3n) is 4.90. The van der Waals surface area contributed by atoms with Crippen LogP contribution in [-0.4, -0.2) is 44.1 Å². The molecule has 0 radical (unpaired) electrons. The van der Waals surface area contributed by atoms with Gasteiger partial charge in [-0.05, 0) is 37.3 Å². The Morgan fingerprint density at radius 2 is 2.13 bits per heavy atom. The number of hydrogen-bond donors (Lipinski definition) is 0. The van der Waals surface area contributed by atoms with E-state index in [0.717, 1.165) is 63.2 Å². The molecule has 2 aromatic rings.